The molecule has 0 aliphatic carbocycles. The fourth-order valence-corrected chi connectivity index (χ4v) is 4.06. The topological polar surface area (TPSA) is 96.4 Å². The first-order valence-corrected chi connectivity index (χ1v) is 11.2. The van der Waals surface area contributed by atoms with Crippen LogP contribution in [0.1, 0.15) is 37.9 Å². The number of carbonyl (C=O) groups excluding carboxylic acids is 3. The number of hydrogen-bond acceptors (Lipinski definition) is 7. The number of hydrogen-bond donors (Lipinski definition) is 1. The molecule has 1 aliphatic rings. The Morgan fingerprint density at radius 2 is 1.74 bits per heavy atom. The van der Waals surface area contributed by atoms with Crippen molar-refractivity contribution in [2.24, 2.45) is 0 Å². The molecule has 0 radical (unpaired) electrons. The highest BCUT2D eigenvalue weighted by Gasteiger charge is 2.46. The average Bonchev–Trinajstić information content (AvgIpc) is 3.09. The Labute approximate surface area is 199 Å². The van der Waals surface area contributed by atoms with Crippen LogP contribution in [0.3, 0.4) is 0 Å². The molecule has 0 aromatic heterocycles. The van der Waals surface area contributed by atoms with Crippen LogP contribution in [0.5, 0.6) is 11.5 Å². The van der Waals surface area contributed by atoms with E-state index in [1.165, 1.54) is 18.9 Å². The van der Waals surface area contributed by atoms with E-state index in [0.29, 0.717) is 35.7 Å². The lowest BCUT2D eigenvalue weighted by atomic mass is 9.95. The van der Waals surface area contributed by atoms with Gasteiger partial charge in [0.05, 0.1) is 18.7 Å². The van der Waals surface area contributed by atoms with Gasteiger partial charge in [0.2, 0.25) is 0 Å². The molecule has 0 saturated carbocycles. The summed E-state index contributed by atoms with van der Waals surface area (Å²) in [7, 11) is 1.53. The van der Waals surface area contributed by atoms with Crippen molar-refractivity contribution in [2.45, 2.75) is 26.8 Å². The Balaban J connectivity index is 2.11. The quantitative estimate of drug-likeness (QED) is 0.199. The number of carbonyl (C=O) groups is 3. The number of aliphatic hydroxyl groups excluding tert-OH is 1. The van der Waals surface area contributed by atoms with Crippen molar-refractivity contribution in [2.75, 3.05) is 33.3 Å². The van der Waals surface area contributed by atoms with Gasteiger partial charge >= 0.3 is 5.97 Å². The molecule has 1 saturated heterocycles. The molecule has 0 spiro atoms. The molecule has 1 heterocycles. The standard InChI is InChI=1S/C26H30N2O6/c1-5-27(6-2)14-15-28-23(19-8-7-9-21(16-19)34-17(3)29)22(25(31)26(28)32)24(30)18-10-12-20(33-4)13-11-18/h7-13,16,23,30H,5-6,14-15H2,1-4H3/b24-22-. The summed E-state index contributed by atoms with van der Waals surface area (Å²) in [6, 6.07) is 12.4. The Morgan fingerprint density at radius 1 is 1.06 bits per heavy atom. The molecule has 3 rings (SSSR count). The van der Waals surface area contributed by atoms with E-state index in [1.807, 2.05) is 13.8 Å². The van der Waals surface area contributed by atoms with Gasteiger partial charge in [-0.25, -0.2) is 0 Å². The first-order chi connectivity index (χ1) is 16.3. The first-order valence-electron chi connectivity index (χ1n) is 11.2. The van der Waals surface area contributed by atoms with E-state index in [1.54, 1.807) is 48.5 Å². The number of esters is 1. The normalized spacial score (nSPS) is 17.3. The summed E-state index contributed by atoms with van der Waals surface area (Å²) in [5, 5.41) is 11.1. The number of benzene rings is 2. The highest BCUT2D eigenvalue weighted by Crippen LogP contribution is 2.40. The van der Waals surface area contributed by atoms with Gasteiger partial charge in [-0.2, -0.15) is 0 Å². The van der Waals surface area contributed by atoms with Crippen LogP contribution in [-0.2, 0) is 14.4 Å². The van der Waals surface area contributed by atoms with E-state index in [9.17, 15) is 19.5 Å². The maximum Gasteiger partial charge on any atom is 0.308 e. The molecular weight excluding hydrogens is 436 g/mol. The fourth-order valence-electron chi connectivity index (χ4n) is 4.06. The van der Waals surface area contributed by atoms with Gasteiger partial charge in [0.25, 0.3) is 11.7 Å². The maximum atomic E-state index is 13.2. The van der Waals surface area contributed by atoms with Crippen molar-refractivity contribution in [1.82, 2.24) is 9.80 Å². The van der Waals surface area contributed by atoms with E-state index in [0.717, 1.165) is 13.1 Å². The van der Waals surface area contributed by atoms with Crippen molar-refractivity contribution < 1.29 is 29.0 Å². The third-order valence-corrected chi connectivity index (χ3v) is 5.89. The second kappa shape index (κ2) is 11.0. The van der Waals surface area contributed by atoms with E-state index in [4.69, 9.17) is 9.47 Å². The Hall–Kier alpha value is -3.65. The van der Waals surface area contributed by atoms with Crippen molar-refractivity contribution in [3.63, 3.8) is 0 Å². The highest BCUT2D eigenvalue weighted by molar-refractivity contribution is 6.46. The summed E-state index contributed by atoms with van der Waals surface area (Å²) in [6.07, 6.45) is 0. The van der Waals surface area contributed by atoms with E-state index in [2.05, 4.69) is 4.90 Å². The number of rotatable bonds is 9. The summed E-state index contributed by atoms with van der Waals surface area (Å²) in [5.41, 5.74) is 0.950. The van der Waals surface area contributed by atoms with Crippen LogP contribution < -0.4 is 9.47 Å². The highest BCUT2D eigenvalue weighted by atomic mass is 16.5. The molecule has 2 aromatic rings. The lowest BCUT2D eigenvalue weighted by Gasteiger charge is -2.28. The van der Waals surface area contributed by atoms with Crippen molar-refractivity contribution in [3.8, 4) is 11.5 Å². The van der Waals surface area contributed by atoms with Crippen LogP contribution in [0.15, 0.2) is 54.1 Å². The molecule has 8 heteroatoms. The van der Waals surface area contributed by atoms with Gasteiger partial charge in [-0.1, -0.05) is 26.0 Å². The Bertz CT molecular complexity index is 1090. The summed E-state index contributed by atoms with van der Waals surface area (Å²) < 4.78 is 10.4. The molecule has 34 heavy (non-hydrogen) atoms. The zero-order valence-corrected chi connectivity index (χ0v) is 19.9. The predicted octanol–water partition coefficient (Wildman–Crippen LogP) is 3.38. The maximum absolute atomic E-state index is 13.2. The van der Waals surface area contributed by atoms with Crippen LogP contribution in [0.25, 0.3) is 5.76 Å². The minimum absolute atomic E-state index is 0.00492. The van der Waals surface area contributed by atoms with Gasteiger partial charge in [-0.15, -0.1) is 0 Å². The summed E-state index contributed by atoms with van der Waals surface area (Å²) in [6.45, 7) is 7.84. The van der Waals surface area contributed by atoms with Crippen LogP contribution >= 0.6 is 0 Å². The van der Waals surface area contributed by atoms with Crippen LogP contribution in [0, 0.1) is 0 Å². The third-order valence-electron chi connectivity index (χ3n) is 5.89. The second-order valence-electron chi connectivity index (χ2n) is 7.91. The van der Waals surface area contributed by atoms with Gasteiger partial charge in [-0.3, -0.25) is 14.4 Å². The smallest absolute Gasteiger partial charge is 0.308 e. The van der Waals surface area contributed by atoms with Crippen molar-refractivity contribution in [1.29, 1.82) is 0 Å². The molecule has 0 bridgehead atoms. The van der Waals surface area contributed by atoms with E-state index in [-0.39, 0.29) is 11.3 Å². The number of likely N-dealkylation sites (tertiary alicyclic amines) is 1. The second-order valence-corrected chi connectivity index (χ2v) is 7.91. The first kappa shape index (κ1) is 25.0. The van der Waals surface area contributed by atoms with E-state index < -0.39 is 23.7 Å². The van der Waals surface area contributed by atoms with Crippen LogP contribution in [-0.4, -0.2) is 65.9 Å². The largest absolute Gasteiger partial charge is 0.507 e. The summed E-state index contributed by atoms with van der Waals surface area (Å²) in [5.74, 6) is -1.29. The SMILES string of the molecule is CCN(CC)CCN1C(=O)C(=O)/C(=C(\O)c2ccc(OC)cc2)C1c1cccc(OC(C)=O)c1. The van der Waals surface area contributed by atoms with Crippen LogP contribution in [0.4, 0.5) is 0 Å². The number of ketones is 1. The van der Waals surface area contributed by atoms with Gasteiger partial charge in [0.1, 0.15) is 17.3 Å². The predicted molar refractivity (Wildman–Crippen MR) is 128 cm³/mol. The molecule has 1 unspecified atom stereocenters. The number of likely N-dealkylation sites (N-methyl/N-ethyl adjacent to an activating group) is 1. The Morgan fingerprint density at radius 3 is 2.32 bits per heavy atom. The molecule has 8 nitrogen and oxygen atoms in total. The van der Waals surface area contributed by atoms with Gasteiger partial charge in [0.15, 0.2) is 0 Å². The number of ether oxygens (including phenoxy) is 2. The molecule has 180 valence electrons. The minimum atomic E-state index is -0.826. The van der Waals surface area contributed by atoms with Gasteiger partial charge in [0, 0.05) is 25.6 Å². The average molecular weight is 467 g/mol. The molecule has 1 N–H and O–H groups in total. The summed E-state index contributed by atoms with van der Waals surface area (Å²) in [4.78, 5) is 41.3. The molecular formula is C26H30N2O6. The number of nitrogens with zero attached hydrogens (tertiary/aromatic N) is 2. The number of aliphatic hydroxyl groups is 1. The lowest BCUT2D eigenvalue weighted by Crippen LogP contribution is -2.38. The van der Waals surface area contributed by atoms with Gasteiger partial charge in [-0.05, 0) is 55.1 Å². The number of methoxy groups -OCH3 is 1. The zero-order chi connectivity index (χ0) is 24.8. The van der Waals surface area contributed by atoms with Gasteiger partial charge < -0.3 is 24.4 Å². The monoisotopic (exact) mass is 466 g/mol. The summed E-state index contributed by atoms with van der Waals surface area (Å²) >= 11 is 0. The molecule has 1 fully saturated rings. The van der Waals surface area contributed by atoms with E-state index >= 15 is 0 Å². The number of amides is 1. The Kier molecular flexibility index (Phi) is 8.07. The molecule has 1 amide bonds. The fraction of sp³-hybridized carbons (Fsp3) is 0.346. The lowest BCUT2D eigenvalue weighted by molar-refractivity contribution is -0.140. The third kappa shape index (κ3) is 5.28. The molecule has 1 aliphatic heterocycles. The molecule has 2 aromatic carbocycles. The zero-order valence-electron chi connectivity index (χ0n) is 19.9. The molecule has 1 atom stereocenters. The van der Waals surface area contributed by atoms with Crippen LogP contribution in [0.2, 0.25) is 0 Å². The van der Waals surface area contributed by atoms with Crippen molar-refractivity contribution in [3.05, 3.63) is 65.2 Å². The minimum Gasteiger partial charge on any atom is -0.507 e. The number of Topliss-reactive ketones (excluding diaryl/α,β-unsaturated/α-hetero) is 1. The van der Waals surface area contributed by atoms with Crippen molar-refractivity contribution >= 4 is 23.4 Å².